The van der Waals surface area contributed by atoms with Crippen molar-refractivity contribution in [3.05, 3.63) is 30.6 Å². The molecule has 9 nitrogen and oxygen atoms in total. The molecule has 2 atom stereocenters. The molecule has 3 heterocycles. The van der Waals surface area contributed by atoms with E-state index in [2.05, 4.69) is 27.5 Å². The summed E-state index contributed by atoms with van der Waals surface area (Å²) in [5.41, 5.74) is 0.747. The molecule has 2 aliphatic rings. The Morgan fingerprint density at radius 2 is 2.11 bits per heavy atom. The molecule has 2 saturated heterocycles. The van der Waals surface area contributed by atoms with E-state index >= 15 is 0 Å². The van der Waals surface area contributed by atoms with Gasteiger partial charge in [0.05, 0.1) is 12.3 Å². The number of carbonyl (C=O) groups is 1. The van der Waals surface area contributed by atoms with Gasteiger partial charge in [0, 0.05) is 24.5 Å². The summed E-state index contributed by atoms with van der Waals surface area (Å²) in [4.78, 5) is 16.8. The van der Waals surface area contributed by atoms with E-state index in [-0.39, 0.29) is 30.6 Å². The Kier molecular flexibility index (Phi) is 5.27. The van der Waals surface area contributed by atoms with Gasteiger partial charge in [-0.25, -0.2) is 4.68 Å². The average molecular weight is 386 g/mol. The number of aliphatic hydroxyl groups excluding tert-OH is 1. The SMILES string of the molecule is CN1CCC[C@]2(CO)CCN(C(=O)COc3ccc(-n4cnnn4)cc3)C[C@@H]12. The molecule has 2 aromatic rings. The first-order valence-electron chi connectivity index (χ1n) is 9.66. The van der Waals surface area contributed by atoms with Crippen LogP contribution in [-0.2, 0) is 4.79 Å². The van der Waals surface area contributed by atoms with Gasteiger partial charge in [0.1, 0.15) is 12.1 Å². The van der Waals surface area contributed by atoms with Crippen LogP contribution >= 0.6 is 0 Å². The number of fused-ring (bicyclic) bond motifs is 1. The van der Waals surface area contributed by atoms with Gasteiger partial charge in [-0.1, -0.05) is 0 Å². The monoisotopic (exact) mass is 386 g/mol. The maximum atomic E-state index is 12.7. The smallest absolute Gasteiger partial charge is 0.260 e. The molecular formula is C19H26N6O3. The Bertz CT molecular complexity index is 797. The molecule has 150 valence electrons. The highest BCUT2D eigenvalue weighted by atomic mass is 16.5. The molecule has 1 N–H and O–H groups in total. The lowest BCUT2D eigenvalue weighted by Gasteiger charge is -2.53. The summed E-state index contributed by atoms with van der Waals surface area (Å²) in [6.45, 7) is 2.53. The van der Waals surface area contributed by atoms with Gasteiger partial charge in [0.25, 0.3) is 5.91 Å². The van der Waals surface area contributed by atoms with Crippen LogP contribution in [0.1, 0.15) is 19.3 Å². The van der Waals surface area contributed by atoms with Crippen LogP contribution in [0.4, 0.5) is 0 Å². The second kappa shape index (κ2) is 7.84. The van der Waals surface area contributed by atoms with Gasteiger partial charge in [-0.15, -0.1) is 5.10 Å². The van der Waals surface area contributed by atoms with Crippen LogP contribution in [0, 0.1) is 5.41 Å². The van der Waals surface area contributed by atoms with Gasteiger partial charge in [-0.05, 0) is 67.5 Å². The number of hydrogen-bond acceptors (Lipinski definition) is 7. The first kappa shape index (κ1) is 18.8. The largest absolute Gasteiger partial charge is 0.484 e. The minimum atomic E-state index is -0.0727. The van der Waals surface area contributed by atoms with E-state index in [1.165, 1.54) is 6.33 Å². The first-order chi connectivity index (χ1) is 13.6. The van der Waals surface area contributed by atoms with Crippen molar-refractivity contribution < 1.29 is 14.6 Å². The summed E-state index contributed by atoms with van der Waals surface area (Å²) in [7, 11) is 2.09. The number of ether oxygens (including phenoxy) is 1. The van der Waals surface area contributed by atoms with E-state index in [0.29, 0.717) is 18.8 Å². The number of rotatable bonds is 5. The van der Waals surface area contributed by atoms with Crippen molar-refractivity contribution in [2.24, 2.45) is 5.41 Å². The summed E-state index contributed by atoms with van der Waals surface area (Å²) in [5.74, 6) is 0.608. The summed E-state index contributed by atoms with van der Waals surface area (Å²) in [5, 5.41) is 21.0. The fraction of sp³-hybridized carbons (Fsp3) is 0.579. The molecule has 1 aromatic heterocycles. The van der Waals surface area contributed by atoms with Crippen LogP contribution in [0.25, 0.3) is 5.69 Å². The zero-order valence-corrected chi connectivity index (χ0v) is 16.1. The molecule has 0 saturated carbocycles. The Morgan fingerprint density at radius 3 is 2.82 bits per heavy atom. The molecule has 28 heavy (non-hydrogen) atoms. The van der Waals surface area contributed by atoms with Gasteiger partial charge < -0.3 is 19.6 Å². The van der Waals surface area contributed by atoms with Crippen molar-refractivity contribution in [2.45, 2.75) is 25.3 Å². The second-order valence-corrected chi connectivity index (χ2v) is 7.75. The highest BCUT2D eigenvalue weighted by Gasteiger charge is 2.47. The van der Waals surface area contributed by atoms with Crippen molar-refractivity contribution in [1.29, 1.82) is 0 Å². The van der Waals surface area contributed by atoms with Gasteiger partial charge in [0.2, 0.25) is 0 Å². The van der Waals surface area contributed by atoms with Crippen LogP contribution in [0.5, 0.6) is 5.75 Å². The van der Waals surface area contributed by atoms with Crippen LogP contribution in [0.3, 0.4) is 0 Å². The molecule has 4 rings (SSSR count). The summed E-state index contributed by atoms with van der Waals surface area (Å²) in [6, 6.07) is 7.48. The quantitative estimate of drug-likeness (QED) is 0.792. The number of amides is 1. The van der Waals surface area contributed by atoms with E-state index in [1.807, 2.05) is 17.0 Å². The topological polar surface area (TPSA) is 96.6 Å². The van der Waals surface area contributed by atoms with Crippen molar-refractivity contribution in [3.8, 4) is 11.4 Å². The number of benzene rings is 1. The molecule has 0 bridgehead atoms. The van der Waals surface area contributed by atoms with Crippen molar-refractivity contribution in [3.63, 3.8) is 0 Å². The van der Waals surface area contributed by atoms with Crippen molar-refractivity contribution in [2.75, 3.05) is 39.9 Å². The number of hydrogen-bond donors (Lipinski definition) is 1. The fourth-order valence-electron chi connectivity index (χ4n) is 4.45. The second-order valence-electron chi connectivity index (χ2n) is 7.75. The molecule has 9 heteroatoms. The molecule has 1 amide bonds. The number of nitrogens with zero attached hydrogens (tertiary/aromatic N) is 6. The minimum Gasteiger partial charge on any atom is -0.484 e. The average Bonchev–Trinajstić information content (AvgIpc) is 3.27. The van der Waals surface area contributed by atoms with Gasteiger partial charge >= 0.3 is 0 Å². The standard InChI is InChI=1S/C19H26N6O3/c1-23-9-2-7-19(13-26)8-10-24(11-17(19)23)18(27)12-28-16-5-3-15(4-6-16)25-14-20-21-22-25/h3-6,14,17,26H,2,7-13H2,1H3/t17-,19-/m1/s1. The Hall–Kier alpha value is -2.52. The molecular weight excluding hydrogens is 360 g/mol. The lowest BCUT2D eigenvalue weighted by molar-refractivity contribution is -0.141. The van der Waals surface area contributed by atoms with E-state index in [1.54, 1.807) is 16.8 Å². The predicted octanol–water partition coefficient (Wildman–Crippen LogP) is 0.346. The Labute approximate surface area is 163 Å². The molecule has 0 aliphatic carbocycles. The van der Waals surface area contributed by atoms with Crippen LogP contribution in [0.15, 0.2) is 30.6 Å². The number of likely N-dealkylation sites (N-methyl/N-ethyl adjacent to an activating group) is 1. The van der Waals surface area contributed by atoms with Gasteiger partial charge in [-0.3, -0.25) is 4.79 Å². The predicted molar refractivity (Wildman–Crippen MR) is 101 cm³/mol. The maximum Gasteiger partial charge on any atom is 0.260 e. The third-order valence-corrected chi connectivity index (χ3v) is 6.18. The van der Waals surface area contributed by atoms with Crippen molar-refractivity contribution in [1.82, 2.24) is 30.0 Å². The van der Waals surface area contributed by atoms with Crippen molar-refractivity contribution >= 4 is 5.91 Å². The first-order valence-corrected chi connectivity index (χ1v) is 9.66. The number of piperidine rings is 2. The van der Waals surface area contributed by atoms with E-state index in [9.17, 15) is 9.90 Å². The molecule has 0 unspecified atom stereocenters. The van der Waals surface area contributed by atoms with Crippen LogP contribution < -0.4 is 4.74 Å². The van der Waals surface area contributed by atoms with E-state index in [4.69, 9.17) is 4.74 Å². The Morgan fingerprint density at radius 1 is 1.29 bits per heavy atom. The maximum absolute atomic E-state index is 12.7. The van der Waals surface area contributed by atoms with Gasteiger partial charge in [0.15, 0.2) is 6.61 Å². The number of likely N-dealkylation sites (tertiary alicyclic amines) is 2. The van der Waals surface area contributed by atoms with E-state index < -0.39 is 0 Å². The normalized spacial score (nSPS) is 25.4. The lowest BCUT2D eigenvalue weighted by Crippen LogP contribution is -2.62. The number of tetrazole rings is 1. The zero-order chi connectivity index (χ0) is 19.6. The van der Waals surface area contributed by atoms with Crippen LogP contribution in [-0.4, -0.2) is 87.0 Å². The highest BCUT2D eigenvalue weighted by Crippen LogP contribution is 2.41. The molecule has 2 aliphatic heterocycles. The molecule has 1 aromatic carbocycles. The molecule has 0 spiro atoms. The number of carbonyl (C=O) groups excluding carboxylic acids is 1. The Balaban J connectivity index is 1.34. The van der Waals surface area contributed by atoms with Crippen LogP contribution in [0.2, 0.25) is 0 Å². The molecule has 2 fully saturated rings. The minimum absolute atomic E-state index is 0.00673. The summed E-state index contributed by atoms with van der Waals surface area (Å²) >= 11 is 0. The number of aliphatic hydroxyl groups is 1. The molecule has 0 radical (unpaired) electrons. The summed E-state index contributed by atoms with van der Waals surface area (Å²) < 4.78 is 7.24. The summed E-state index contributed by atoms with van der Waals surface area (Å²) in [6.07, 6.45) is 4.49. The van der Waals surface area contributed by atoms with Gasteiger partial charge in [-0.2, -0.15) is 0 Å². The third kappa shape index (κ3) is 3.59. The zero-order valence-electron chi connectivity index (χ0n) is 16.1. The number of aromatic nitrogens is 4. The highest BCUT2D eigenvalue weighted by molar-refractivity contribution is 5.78. The fourth-order valence-corrected chi connectivity index (χ4v) is 4.45. The lowest BCUT2D eigenvalue weighted by atomic mass is 9.69. The third-order valence-electron chi connectivity index (χ3n) is 6.18. The van der Waals surface area contributed by atoms with E-state index in [0.717, 1.165) is 31.5 Å².